The molecule has 0 aromatic carbocycles. The fourth-order valence-corrected chi connectivity index (χ4v) is 2.93. The summed E-state index contributed by atoms with van der Waals surface area (Å²) >= 11 is 0. The molecule has 2 unspecified atom stereocenters. The first-order valence-corrected chi connectivity index (χ1v) is 7.93. The molecule has 1 heterocycles. The maximum Gasteiger partial charge on any atom is 0.0597 e. The van der Waals surface area contributed by atoms with Crippen molar-refractivity contribution in [3.8, 4) is 0 Å². The Hall–Kier alpha value is -0.120. The van der Waals surface area contributed by atoms with E-state index in [1.807, 2.05) is 0 Å². The van der Waals surface area contributed by atoms with Crippen molar-refractivity contribution in [1.82, 2.24) is 10.2 Å². The smallest absolute Gasteiger partial charge is 0.0597 e. The third-order valence-corrected chi connectivity index (χ3v) is 3.96. The Labute approximate surface area is 120 Å². The monoisotopic (exact) mass is 270 g/mol. The highest BCUT2D eigenvalue weighted by molar-refractivity contribution is 4.92. The van der Waals surface area contributed by atoms with Gasteiger partial charge in [0.25, 0.3) is 0 Å². The fraction of sp³-hybridized carbons (Fsp3) is 1.00. The molecule has 0 saturated carbocycles. The van der Waals surface area contributed by atoms with Crippen molar-refractivity contribution < 1.29 is 4.74 Å². The second kappa shape index (κ2) is 7.61. The van der Waals surface area contributed by atoms with Gasteiger partial charge in [0.05, 0.1) is 12.7 Å². The number of piperazine rings is 1. The minimum atomic E-state index is 0.321. The fourth-order valence-electron chi connectivity index (χ4n) is 2.93. The molecule has 0 aromatic heterocycles. The lowest BCUT2D eigenvalue weighted by Crippen LogP contribution is -2.61. The molecule has 1 saturated heterocycles. The maximum atomic E-state index is 5.74. The van der Waals surface area contributed by atoms with Crippen molar-refractivity contribution in [3.05, 3.63) is 0 Å². The van der Waals surface area contributed by atoms with E-state index in [1.165, 1.54) is 12.8 Å². The van der Waals surface area contributed by atoms with Crippen LogP contribution in [0, 0.1) is 5.41 Å². The number of nitrogens with zero attached hydrogens (tertiary/aromatic N) is 1. The molecule has 0 spiro atoms. The zero-order valence-corrected chi connectivity index (χ0v) is 13.8. The number of hydrogen-bond acceptors (Lipinski definition) is 3. The van der Waals surface area contributed by atoms with Gasteiger partial charge in [-0.15, -0.1) is 0 Å². The van der Waals surface area contributed by atoms with E-state index in [0.29, 0.717) is 23.6 Å². The molecule has 0 radical (unpaired) electrons. The van der Waals surface area contributed by atoms with Crippen LogP contribution in [0.4, 0.5) is 0 Å². The van der Waals surface area contributed by atoms with Crippen molar-refractivity contribution in [1.29, 1.82) is 0 Å². The molecule has 3 heteroatoms. The third kappa shape index (κ3) is 5.80. The van der Waals surface area contributed by atoms with Gasteiger partial charge in [0.15, 0.2) is 0 Å². The van der Waals surface area contributed by atoms with Gasteiger partial charge in [-0.1, -0.05) is 34.1 Å². The van der Waals surface area contributed by atoms with Crippen molar-refractivity contribution >= 4 is 0 Å². The summed E-state index contributed by atoms with van der Waals surface area (Å²) in [6.45, 7) is 17.7. The molecule has 1 fully saturated rings. The summed E-state index contributed by atoms with van der Waals surface area (Å²) in [5.41, 5.74) is 0.321. The molecule has 0 aliphatic carbocycles. The summed E-state index contributed by atoms with van der Waals surface area (Å²) in [5.74, 6) is 0. The Morgan fingerprint density at radius 3 is 2.53 bits per heavy atom. The molecule has 1 rings (SSSR count). The number of nitrogens with one attached hydrogen (secondary N) is 1. The molecule has 0 bridgehead atoms. The molecule has 1 N–H and O–H groups in total. The van der Waals surface area contributed by atoms with Crippen LogP contribution < -0.4 is 5.32 Å². The lowest BCUT2D eigenvalue weighted by molar-refractivity contribution is 0.00865. The van der Waals surface area contributed by atoms with E-state index in [2.05, 4.69) is 51.8 Å². The minimum Gasteiger partial charge on any atom is -0.377 e. The standard InChI is InChI=1S/C16H34N2O/c1-7-8-14-12-18(9-10-19-13(2)3)15(11-17-14)16(4,5)6/h13-15,17H,7-12H2,1-6H3. The van der Waals surface area contributed by atoms with Crippen LogP contribution in [0.1, 0.15) is 54.4 Å². The normalized spacial score (nSPS) is 26.1. The maximum absolute atomic E-state index is 5.74. The number of rotatable bonds is 6. The van der Waals surface area contributed by atoms with Gasteiger partial charge in [-0.3, -0.25) is 4.90 Å². The topological polar surface area (TPSA) is 24.5 Å². The van der Waals surface area contributed by atoms with Crippen molar-refractivity contribution in [2.45, 2.75) is 72.6 Å². The van der Waals surface area contributed by atoms with E-state index < -0.39 is 0 Å². The largest absolute Gasteiger partial charge is 0.377 e. The van der Waals surface area contributed by atoms with Gasteiger partial charge in [0, 0.05) is 31.7 Å². The summed E-state index contributed by atoms with van der Waals surface area (Å²) in [6.07, 6.45) is 2.87. The first kappa shape index (κ1) is 16.9. The van der Waals surface area contributed by atoms with Gasteiger partial charge in [0.1, 0.15) is 0 Å². The molecule has 19 heavy (non-hydrogen) atoms. The van der Waals surface area contributed by atoms with Gasteiger partial charge in [0.2, 0.25) is 0 Å². The van der Waals surface area contributed by atoms with Crippen molar-refractivity contribution in [2.75, 3.05) is 26.2 Å². The van der Waals surface area contributed by atoms with Crippen LogP contribution in [0.5, 0.6) is 0 Å². The first-order chi connectivity index (χ1) is 8.84. The molecular weight excluding hydrogens is 236 g/mol. The predicted octanol–water partition coefficient (Wildman–Crippen LogP) is 2.90. The average Bonchev–Trinajstić information content (AvgIpc) is 2.27. The quantitative estimate of drug-likeness (QED) is 0.803. The van der Waals surface area contributed by atoms with Crippen LogP contribution in [-0.4, -0.2) is 49.3 Å². The van der Waals surface area contributed by atoms with E-state index in [-0.39, 0.29) is 0 Å². The molecule has 3 nitrogen and oxygen atoms in total. The van der Waals surface area contributed by atoms with Gasteiger partial charge >= 0.3 is 0 Å². The Morgan fingerprint density at radius 1 is 1.32 bits per heavy atom. The van der Waals surface area contributed by atoms with Crippen LogP contribution in [0.25, 0.3) is 0 Å². The van der Waals surface area contributed by atoms with Gasteiger partial charge in [-0.05, 0) is 25.7 Å². The molecule has 0 aromatic rings. The highest BCUT2D eigenvalue weighted by Crippen LogP contribution is 2.26. The van der Waals surface area contributed by atoms with E-state index in [1.54, 1.807) is 0 Å². The summed E-state index contributed by atoms with van der Waals surface area (Å²) in [7, 11) is 0. The summed E-state index contributed by atoms with van der Waals surface area (Å²) in [5, 5.41) is 3.72. The second-order valence-electron chi connectivity index (χ2n) is 7.19. The average molecular weight is 270 g/mol. The van der Waals surface area contributed by atoms with Gasteiger partial charge in [-0.25, -0.2) is 0 Å². The van der Waals surface area contributed by atoms with Crippen molar-refractivity contribution in [2.24, 2.45) is 5.41 Å². The predicted molar refractivity (Wildman–Crippen MR) is 82.6 cm³/mol. The molecule has 114 valence electrons. The van der Waals surface area contributed by atoms with E-state index in [0.717, 1.165) is 26.2 Å². The molecular formula is C16H34N2O. The molecule has 2 atom stereocenters. The zero-order chi connectivity index (χ0) is 14.5. The van der Waals surface area contributed by atoms with Gasteiger partial charge in [-0.2, -0.15) is 0 Å². The lowest BCUT2D eigenvalue weighted by Gasteiger charge is -2.46. The van der Waals surface area contributed by atoms with Crippen LogP contribution in [0.15, 0.2) is 0 Å². The lowest BCUT2D eigenvalue weighted by atomic mass is 9.83. The second-order valence-corrected chi connectivity index (χ2v) is 7.19. The minimum absolute atomic E-state index is 0.321. The highest BCUT2D eigenvalue weighted by atomic mass is 16.5. The number of hydrogen-bond donors (Lipinski definition) is 1. The molecule has 1 aliphatic rings. The summed E-state index contributed by atoms with van der Waals surface area (Å²) < 4.78 is 5.74. The van der Waals surface area contributed by atoms with Crippen molar-refractivity contribution in [3.63, 3.8) is 0 Å². The number of ether oxygens (including phenoxy) is 1. The van der Waals surface area contributed by atoms with Gasteiger partial charge < -0.3 is 10.1 Å². The molecule has 0 amide bonds. The van der Waals surface area contributed by atoms with E-state index in [4.69, 9.17) is 4.74 Å². The van der Waals surface area contributed by atoms with Crippen LogP contribution in [0.3, 0.4) is 0 Å². The Morgan fingerprint density at radius 2 is 2.00 bits per heavy atom. The zero-order valence-electron chi connectivity index (χ0n) is 13.8. The highest BCUT2D eigenvalue weighted by Gasteiger charge is 2.34. The summed E-state index contributed by atoms with van der Waals surface area (Å²) in [6, 6.07) is 1.26. The van der Waals surface area contributed by atoms with E-state index >= 15 is 0 Å². The van der Waals surface area contributed by atoms with Crippen LogP contribution >= 0.6 is 0 Å². The summed E-state index contributed by atoms with van der Waals surface area (Å²) in [4.78, 5) is 2.64. The SMILES string of the molecule is CCCC1CN(CCOC(C)C)C(C(C)(C)C)CN1. The Kier molecular flexibility index (Phi) is 6.78. The van der Waals surface area contributed by atoms with Crippen LogP contribution in [-0.2, 0) is 4.74 Å². The Balaban J connectivity index is 2.55. The first-order valence-electron chi connectivity index (χ1n) is 7.93. The third-order valence-electron chi connectivity index (χ3n) is 3.96. The molecule has 1 aliphatic heterocycles. The Bertz CT molecular complexity index is 248. The van der Waals surface area contributed by atoms with Crippen LogP contribution in [0.2, 0.25) is 0 Å². The van der Waals surface area contributed by atoms with E-state index in [9.17, 15) is 0 Å².